The monoisotopic (exact) mass is 366 g/mol. The fourth-order valence-corrected chi connectivity index (χ4v) is 2.45. The number of carbonyl (C=O) groups is 1. The average molecular weight is 367 g/mol. The van der Waals surface area contributed by atoms with Crippen LogP contribution in [-0.2, 0) is 4.74 Å². The summed E-state index contributed by atoms with van der Waals surface area (Å²) in [6.45, 7) is 5.50. The van der Waals surface area contributed by atoms with Crippen molar-refractivity contribution in [2.75, 3.05) is 0 Å². The molecule has 0 aromatic heterocycles. The van der Waals surface area contributed by atoms with Crippen molar-refractivity contribution in [3.05, 3.63) is 28.2 Å². The van der Waals surface area contributed by atoms with Crippen LogP contribution in [0.2, 0.25) is 0 Å². The molecule has 0 unspecified atom stereocenters. The van der Waals surface area contributed by atoms with Crippen LogP contribution in [0.25, 0.3) is 0 Å². The van der Waals surface area contributed by atoms with E-state index < -0.39 is 11.7 Å². The van der Waals surface area contributed by atoms with Gasteiger partial charge < -0.3 is 14.8 Å². The molecule has 1 aliphatic rings. The normalized spacial score (nSPS) is 20.5. The first-order valence-electron chi connectivity index (χ1n) is 7.12. The lowest BCUT2D eigenvalue weighted by molar-refractivity contribution is 0.0363. The van der Waals surface area contributed by atoms with Crippen molar-refractivity contribution in [1.29, 1.82) is 5.26 Å². The zero-order valence-electron chi connectivity index (χ0n) is 12.9. The van der Waals surface area contributed by atoms with Crippen LogP contribution in [0.4, 0.5) is 4.79 Å². The van der Waals surface area contributed by atoms with Crippen molar-refractivity contribution in [2.45, 2.75) is 51.4 Å². The Morgan fingerprint density at radius 3 is 2.68 bits per heavy atom. The van der Waals surface area contributed by atoms with Gasteiger partial charge in [-0.05, 0) is 54.9 Å². The third kappa shape index (κ3) is 4.63. The van der Waals surface area contributed by atoms with Crippen LogP contribution in [0.3, 0.4) is 0 Å². The molecule has 0 saturated heterocycles. The molecule has 2 rings (SSSR count). The summed E-state index contributed by atoms with van der Waals surface area (Å²) in [4.78, 5) is 11.6. The summed E-state index contributed by atoms with van der Waals surface area (Å²) in [5.41, 5.74) is 0.0507. The maximum Gasteiger partial charge on any atom is 0.407 e. The summed E-state index contributed by atoms with van der Waals surface area (Å²) >= 11 is 3.31. The number of ether oxygens (including phenoxy) is 2. The minimum absolute atomic E-state index is 0.0488. The zero-order chi connectivity index (χ0) is 16.3. The first-order chi connectivity index (χ1) is 10.3. The van der Waals surface area contributed by atoms with Crippen LogP contribution in [0.1, 0.15) is 39.2 Å². The topological polar surface area (TPSA) is 71.3 Å². The number of carbonyl (C=O) groups excluding carboxylic acids is 1. The maximum atomic E-state index is 11.6. The molecule has 6 heteroatoms. The predicted molar refractivity (Wildman–Crippen MR) is 85.7 cm³/mol. The van der Waals surface area contributed by atoms with Crippen LogP contribution in [0, 0.1) is 11.3 Å². The van der Waals surface area contributed by atoms with E-state index in [0.717, 1.165) is 17.3 Å². The van der Waals surface area contributed by atoms with E-state index in [0.29, 0.717) is 11.3 Å². The molecule has 0 radical (unpaired) electrons. The van der Waals surface area contributed by atoms with E-state index >= 15 is 0 Å². The second kappa shape index (κ2) is 6.57. The Morgan fingerprint density at radius 1 is 1.41 bits per heavy atom. The number of halogens is 1. The number of rotatable bonds is 3. The Hall–Kier alpha value is -1.74. The molecule has 0 atom stereocenters. The van der Waals surface area contributed by atoms with Crippen molar-refractivity contribution < 1.29 is 14.3 Å². The van der Waals surface area contributed by atoms with E-state index in [-0.39, 0.29) is 12.1 Å². The van der Waals surface area contributed by atoms with E-state index in [2.05, 4.69) is 27.3 Å². The van der Waals surface area contributed by atoms with E-state index in [1.165, 1.54) is 0 Å². The summed E-state index contributed by atoms with van der Waals surface area (Å²) in [7, 11) is 0. The van der Waals surface area contributed by atoms with Crippen molar-refractivity contribution in [1.82, 2.24) is 5.32 Å². The number of nitrogens with zero attached hydrogens (tertiary/aromatic N) is 1. The number of benzene rings is 1. The highest BCUT2D eigenvalue weighted by molar-refractivity contribution is 9.10. The SMILES string of the molecule is CC(C)(C)OC(=O)N[C@H]1C[C@H](Oc2ccc(Br)c(C#N)c2)C1. The van der Waals surface area contributed by atoms with E-state index in [9.17, 15) is 4.79 Å². The van der Waals surface area contributed by atoms with Gasteiger partial charge in [-0.2, -0.15) is 5.26 Å². The average Bonchev–Trinajstić information content (AvgIpc) is 2.36. The Kier molecular flexibility index (Phi) is 4.97. The van der Waals surface area contributed by atoms with Gasteiger partial charge >= 0.3 is 6.09 Å². The Morgan fingerprint density at radius 2 is 2.09 bits per heavy atom. The Labute approximate surface area is 138 Å². The molecule has 0 bridgehead atoms. The molecule has 0 aliphatic heterocycles. The Balaban J connectivity index is 1.78. The lowest BCUT2D eigenvalue weighted by Crippen LogP contribution is -2.50. The molecule has 1 aliphatic carbocycles. The van der Waals surface area contributed by atoms with Crippen LogP contribution >= 0.6 is 15.9 Å². The third-order valence-corrected chi connectivity index (χ3v) is 3.87. The largest absolute Gasteiger partial charge is 0.490 e. The van der Waals surface area contributed by atoms with Crippen LogP contribution in [0.5, 0.6) is 5.75 Å². The predicted octanol–water partition coefficient (Wildman–Crippen LogP) is 3.76. The quantitative estimate of drug-likeness (QED) is 0.883. The summed E-state index contributed by atoms with van der Waals surface area (Å²) < 4.78 is 11.8. The number of nitrogens with one attached hydrogen (secondary N) is 1. The van der Waals surface area contributed by atoms with Gasteiger partial charge in [0.05, 0.1) is 5.56 Å². The molecule has 1 saturated carbocycles. The molecule has 1 amide bonds. The fourth-order valence-electron chi connectivity index (χ4n) is 2.11. The lowest BCUT2D eigenvalue weighted by Gasteiger charge is -2.36. The second-order valence-corrected chi connectivity index (χ2v) is 7.16. The van der Waals surface area contributed by atoms with Gasteiger partial charge in [0.15, 0.2) is 0 Å². The van der Waals surface area contributed by atoms with Gasteiger partial charge in [0.1, 0.15) is 23.5 Å². The molecule has 1 aromatic rings. The number of hydrogen-bond donors (Lipinski definition) is 1. The summed E-state index contributed by atoms with van der Waals surface area (Å²) in [5, 5.41) is 11.8. The third-order valence-electron chi connectivity index (χ3n) is 3.18. The van der Waals surface area contributed by atoms with Gasteiger partial charge in [0, 0.05) is 23.4 Å². The minimum atomic E-state index is -0.491. The summed E-state index contributed by atoms with van der Waals surface area (Å²) in [6, 6.07) is 7.50. The maximum absolute atomic E-state index is 11.6. The van der Waals surface area contributed by atoms with Crippen molar-refractivity contribution in [3.8, 4) is 11.8 Å². The molecule has 0 heterocycles. The van der Waals surface area contributed by atoms with Gasteiger partial charge in [-0.3, -0.25) is 0 Å². The Bertz CT molecular complexity index is 598. The first kappa shape index (κ1) is 16.6. The van der Waals surface area contributed by atoms with Gasteiger partial charge in [-0.15, -0.1) is 0 Å². The molecule has 118 valence electrons. The molecule has 0 spiro atoms. The molecule has 1 aromatic carbocycles. The molecular weight excluding hydrogens is 348 g/mol. The molecule has 5 nitrogen and oxygen atoms in total. The van der Waals surface area contributed by atoms with Crippen molar-refractivity contribution in [3.63, 3.8) is 0 Å². The van der Waals surface area contributed by atoms with Crippen LogP contribution < -0.4 is 10.1 Å². The van der Waals surface area contributed by atoms with Gasteiger partial charge in [0.25, 0.3) is 0 Å². The highest BCUT2D eigenvalue weighted by Gasteiger charge is 2.33. The first-order valence-corrected chi connectivity index (χ1v) is 7.92. The number of nitriles is 1. The van der Waals surface area contributed by atoms with Crippen LogP contribution in [-0.4, -0.2) is 23.8 Å². The molecule has 1 N–H and O–H groups in total. The van der Waals surface area contributed by atoms with Crippen LogP contribution in [0.15, 0.2) is 22.7 Å². The highest BCUT2D eigenvalue weighted by Crippen LogP contribution is 2.28. The highest BCUT2D eigenvalue weighted by atomic mass is 79.9. The molecular formula is C16H19BrN2O3. The van der Waals surface area contributed by atoms with E-state index in [1.54, 1.807) is 12.1 Å². The smallest absolute Gasteiger partial charge is 0.407 e. The fraction of sp³-hybridized carbons (Fsp3) is 0.500. The number of hydrogen-bond acceptors (Lipinski definition) is 4. The van der Waals surface area contributed by atoms with Gasteiger partial charge in [-0.1, -0.05) is 0 Å². The van der Waals surface area contributed by atoms with Gasteiger partial charge in [-0.25, -0.2) is 4.79 Å². The standard InChI is InChI=1S/C16H19BrN2O3/c1-16(2,3)22-15(20)19-11-7-13(8-11)21-12-4-5-14(17)10(6-12)9-18/h4-6,11,13H,7-8H2,1-3H3,(H,19,20)/t11-,13-. The van der Waals surface area contributed by atoms with E-state index in [1.807, 2.05) is 26.8 Å². The second-order valence-electron chi connectivity index (χ2n) is 6.31. The molecule has 22 heavy (non-hydrogen) atoms. The molecule has 1 fully saturated rings. The summed E-state index contributed by atoms with van der Waals surface area (Å²) in [6.07, 6.45) is 1.12. The number of alkyl carbamates (subject to hydrolysis) is 1. The zero-order valence-corrected chi connectivity index (χ0v) is 14.4. The van der Waals surface area contributed by atoms with Crippen molar-refractivity contribution in [2.24, 2.45) is 0 Å². The minimum Gasteiger partial charge on any atom is -0.490 e. The van der Waals surface area contributed by atoms with Crippen molar-refractivity contribution >= 4 is 22.0 Å². The van der Waals surface area contributed by atoms with Gasteiger partial charge in [0.2, 0.25) is 0 Å². The lowest BCUT2D eigenvalue weighted by atomic mass is 9.89. The number of amides is 1. The summed E-state index contributed by atoms with van der Waals surface area (Å²) in [5.74, 6) is 0.667. The van der Waals surface area contributed by atoms with E-state index in [4.69, 9.17) is 14.7 Å².